The number of carbonyl (C=O) groups excluding carboxylic acids is 4. The van der Waals surface area contributed by atoms with Gasteiger partial charge in [0.2, 0.25) is 5.91 Å². The van der Waals surface area contributed by atoms with E-state index in [1.54, 1.807) is 77.6 Å². The first-order valence-corrected chi connectivity index (χ1v) is 13.8. The van der Waals surface area contributed by atoms with E-state index < -0.39 is 47.3 Å². The fourth-order valence-corrected chi connectivity index (χ4v) is 4.14. The van der Waals surface area contributed by atoms with E-state index in [0.717, 1.165) is 10.9 Å². The Kier molecular flexibility index (Phi) is 10.3. The van der Waals surface area contributed by atoms with Gasteiger partial charge in [-0.3, -0.25) is 4.79 Å². The van der Waals surface area contributed by atoms with Crippen LogP contribution >= 0.6 is 0 Å². The first-order chi connectivity index (χ1) is 19.7. The molecule has 0 spiro atoms. The molecular formula is C31H40N4O7. The summed E-state index contributed by atoms with van der Waals surface area (Å²) >= 11 is 0. The molecule has 0 bridgehead atoms. The van der Waals surface area contributed by atoms with Crippen LogP contribution in [0.15, 0.2) is 60.9 Å². The molecule has 0 aliphatic rings. The van der Waals surface area contributed by atoms with Crippen LogP contribution in [0.1, 0.15) is 54.0 Å². The van der Waals surface area contributed by atoms with Crippen LogP contribution in [0.2, 0.25) is 0 Å². The zero-order valence-electron chi connectivity index (χ0n) is 25.2. The SMILES string of the molecule is CCOC(=O)[C@H](Cc1ccccc1)NC(=O)[C@H](Cn1ccc2cccnc21)N(C(=O)OC(C)(C)C)C(=O)OC(C)(C)C. The summed E-state index contributed by atoms with van der Waals surface area (Å²) in [5, 5.41) is 3.52. The number of rotatable bonds is 9. The predicted molar refractivity (Wildman–Crippen MR) is 157 cm³/mol. The Bertz CT molecular complexity index is 1360. The summed E-state index contributed by atoms with van der Waals surface area (Å²) in [6, 6.07) is 12.0. The highest BCUT2D eigenvalue weighted by Crippen LogP contribution is 2.21. The molecule has 0 radical (unpaired) electrons. The van der Waals surface area contributed by atoms with Gasteiger partial charge in [0.05, 0.1) is 13.2 Å². The number of esters is 1. The Morgan fingerprint density at radius 2 is 1.52 bits per heavy atom. The van der Waals surface area contributed by atoms with Crippen molar-refractivity contribution in [3.63, 3.8) is 0 Å². The molecule has 3 aromatic rings. The molecule has 0 saturated heterocycles. The van der Waals surface area contributed by atoms with Gasteiger partial charge in [0.15, 0.2) is 0 Å². The van der Waals surface area contributed by atoms with Gasteiger partial charge in [-0.05, 0) is 72.2 Å². The quantitative estimate of drug-likeness (QED) is 0.280. The van der Waals surface area contributed by atoms with E-state index in [4.69, 9.17) is 14.2 Å². The largest absolute Gasteiger partial charge is 0.464 e. The maximum atomic E-state index is 14.1. The van der Waals surface area contributed by atoms with Crippen LogP contribution in [-0.2, 0) is 36.8 Å². The molecule has 0 unspecified atom stereocenters. The summed E-state index contributed by atoms with van der Waals surface area (Å²) in [7, 11) is 0. The Morgan fingerprint density at radius 3 is 2.10 bits per heavy atom. The van der Waals surface area contributed by atoms with Crippen LogP contribution in [0.3, 0.4) is 0 Å². The number of ether oxygens (including phenoxy) is 3. The van der Waals surface area contributed by atoms with Crippen molar-refractivity contribution in [3.05, 3.63) is 66.5 Å². The number of hydrogen-bond donors (Lipinski definition) is 1. The first-order valence-electron chi connectivity index (χ1n) is 13.8. The van der Waals surface area contributed by atoms with Crippen molar-refractivity contribution in [1.29, 1.82) is 0 Å². The van der Waals surface area contributed by atoms with Gasteiger partial charge in [0.1, 0.15) is 28.9 Å². The van der Waals surface area contributed by atoms with Crippen molar-refractivity contribution in [2.24, 2.45) is 0 Å². The molecule has 0 aliphatic carbocycles. The number of aromatic nitrogens is 2. The fourth-order valence-electron chi connectivity index (χ4n) is 4.14. The molecule has 3 rings (SSSR count). The van der Waals surface area contributed by atoms with Gasteiger partial charge in [-0.1, -0.05) is 30.3 Å². The molecule has 0 saturated carbocycles. The van der Waals surface area contributed by atoms with Gasteiger partial charge in [0.25, 0.3) is 0 Å². The molecule has 11 heteroatoms. The van der Waals surface area contributed by atoms with Gasteiger partial charge >= 0.3 is 18.2 Å². The lowest BCUT2D eigenvalue weighted by molar-refractivity contribution is -0.148. The zero-order chi connectivity index (χ0) is 31.1. The third kappa shape index (κ3) is 9.05. The molecule has 0 fully saturated rings. The number of fused-ring (bicyclic) bond motifs is 1. The summed E-state index contributed by atoms with van der Waals surface area (Å²) in [5.41, 5.74) is -0.652. The predicted octanol–water partition coefficient (Wildman–Crippen LogP) is 4.87. The number of carbonyl (C=O) groups is 4. The molecule has 226 valence electrons. The average Bonchev–Trinajstić information content (AvgIpc) is 3.29. The van der Waals surface area contributed by atoms with Crippen molar-refractivity contribution in [2.45, 2.75) is 84.7 Å². The zero-order valence-corrected chi connectivity index (χ0v) is 25.2. The fraction of sp³-hybridized carbons (Fsp3) is 0.452. The van der Waals surface area contributed by atoms with Crippen LogP contribution < -0.4 is 5.32 Å². The summed E-state index contributed by atoms with van der Waals surface area (Å²) in [6.07, 6.45) is 1.29. The summed E-state index contributed by atoms with van der Waals surface area (Å²) in [6.45, 7) is 11.5. The van der Waals surface area contributed by atoms with Crippen molar-refractivity contribution >= 4 is 35.1 Å². The second-order valence-electron chi connectivity index (χ2n) is 11.7. The number of nitrogens with zero attached hydrogens (tertiary/aromatic N) is 3. The van der Waals surface area contributed by atoms with E-state index >= 15 is 0 Å². The maximum absolute atomic E-state index is 14.1. The molecule has 1 N–H and O–H groups in total. The van der Waals surface area contributed by atoms with E-state index in [2.05, 4.69) is 10.3 Å². The van der Waals surface area contributed by atoms with E-state index in [0.29, 0.717) is 10.5 Å². The first kappa shape index (κ1) is 32.1. The molecule has 2 heterocycles. The number of imide groups is 1. The van der Waals surface area contributed by atoms with Crippen molar-refractivity contribution in [2.75, 3.05) is 6.61 Å². The Morgan fingerprint density at radius 1 is 0.905 bits per heavy atom. The molecule has 3 amide bonds. The van der Waals surface area contributed by atoms with Crippen molar-refractivity contribution in [1.82, 2.24) is 19.8 Å². The molecule has 2 aromatic heterocycles. The van der Waals surface area contributed by atoms with Gasteiger partial charge in [-0.15, -0.1) is 0 Å². The molecule has 0 aliphatic heterocycles. The summed E-state index contributed by atoms with van der Waals surface area (Å²) in [4.78, 5) is 59.2. The average molecular weight is 581 g/mol. The molecule has 2 atom stereocenters. The van der Waals surface area contributed by atoms with Gasteiger partial charge < -0.3 is 24.1 Å². The smallest absolute Gasteiger partial charge is 0.420 e. The van der Waals surface area contributed by atoms with E-state index in [1.165, 1.54) is 0 Å². The third-order valence-electron chi connectivity index (χ3n) is 5.86. The van der Waals surface area contributed by atoms with Crippen LogP contribution in [0.4, 0.5) is 9.59 Å². The minimum Gasteiger partial charge on any atom is -0.464 e. The second-order valence-corrected chi connectivity index (χ2v) is 11.7. The molecule has 1 aromatic carbocycles. The van der Waals surface area contributed by atoms with Gasteiger partial charge in [-0.2, -0.15) is 4.90 Å². The Labute approximate surface area is 246 Å². The molecule has 11 nitrogen and oxygen atoms in total. The monoisotopic (exact) mass is 580 g/mol. The summed E-state index contributed by atoms with van der Waals surface area (Å²) in [5.74, 6) is -1.43. The highest BCUT2D eigenvalue weighted by atomic mass is 16.6. The highest BCUT2D eigenvalue weighted by Gasteiger charge is 2.42. The number of benzene rings is 1. The minimum atomic E-state index is -1.49. The molecular weight excluding hydrogens is 540 g/mol. The minimum absolute atomic E-state index is 0.104. The number of nitrogens with one attached hydrogen (secondary N) is 1. The molecule has 42 heavy (non-hydrogen) atoms. The maximum Gasteiger partial charge on any atom is 0.420 e. The topological polar surface area (TPSA) is 129 Å². The number of pyridine rings is 1. The van der Waals surface area contributed by atoms with E-state index in [1.807, 2.05) is 36.4 Å². The Hall–Kier alpha value is -4.41. The number of hydrogen-bond acceptors (Lipinski definition) is 8. The van der Waals surface area contributed by atoms with Crippen LogP contribution in [0, 0.1) is 0 Å². The third-order valence-corrected chi connectivity index (χ3v) is 5.86. The second kappa shape index (κ2) is 13.5. The standard InChI is InChI=1S/C31H40N4O7/c1-8-40-27(37)23(19-21-13-10-9-11-14-21)33-26(36)24(20-34-18-16-22-15-12-17-32-25(22)34)35(28(38)41-30(2,3)4)29(39)42-31(5,6)7/h9-18,23-24H,8,19-20H2,1-7H3,(H,33,36)/t23-,24-/m0/s1. The Balaban J connectivity index is 2.07. The van der Waals surface area contributed by atoms with Crippen molar-refractivity contribution < 1.29 is 33.4 Å². The lowest BCUT2D eigenvalue weighted by Crippen LogP contribution is -2.58. The summed E-state index contributed by atoms with van der Waals surface area (Å²) < 4.78 is 18.0. The van der Waals surface area contributed by atoms with E-state index in [-0.39, 0.29) is 19.6 Å². The number of amides is 3. The van der Waals surface area contributed by atoms with E-state index in [9.17, 15) is 19.2 Å². The lowest BCUT2D eigenvalue weighted by atomic mass is 10.1. The van der Waals surface area contributed by atoms with Crippen LogP contribution in [-0.4, -0.2) is 68.4 Å². The normalized spacial score (nSPS) is 13.1. The van der Waals surface area contributed by atoms with Gasteiger partial charge in [-0.25, -0.2) is 19.4 Å². The van der Waals surface area contributed by atoms with Crippen LogP contribution in [0.25, 0.3) is 11.0 Å². The van der Waals surface area contributed by atoms with Crippen LogP contribution in [0.5, 0.6) is 0 Å². The highest BCUT2D eigenvalue weighted by molar-refractivity contribution is 5.97. The lowest BCUT2D eigenvalue weighted by Gasteiger charge is -2.33. The van der Waals surface area contributed by atoms with Crippen molar-refractivity contribution in [3.8, 4) is 0 Å². The van der Waals surface area contributed by atoms with Gasteiger partial charge in [0, 0.05) is 24.2 Å².